The maximum absolute atomic E-state index is 13.8. The van der Waals surface area contributed by atoms with Crippen molar-refractivity contribution >= 4 is 30.7 Å². The average Bonchev–Trinajstić information content (AvgIpc) is 3.19. The fourth-order valence-corrected chi connectivity index (χ4v) is 6.72. The van der Waals surface area contributed by atoms with Crippen LogP contribution in [0, 0.1) is 17.8 Å². The van der Waals surface area contributed by atoms with Gasteiger partial charge in [-0.2, -0.15) is 26.3 Å². The molecule has 44 heavy (non-hydrogen) atoms. The first-order chi connectivity index (χ1) is 20.6. The van der Waals surface area contributed by atoms with E-state index in [0.29, 0.717) is 36.3 Å². The van der Waals surface area contributed by atoms with Crippen LogP contribution >= 0.6 is 0 Å². The van der Waals surface area contributed by atoms with Crippen molar-refractivity contribution in [2.45, 2.75) is 64.3 Å². The Morgan fingerprint density at radius 2 is 1.61 bits per heavy atom. The Morgan fingerprint density at radius 3 is 2.18 bits per heavy atom. The number of hydrogen-bond acceptors (Lipinski definition) is 5. The predicted molar refractivity (Wildman–Crippen MR) is 150 cm³/mol. The van der Waals surface area contributed by atoms with Crippen molar-refractivity contribution in [1.29, 1.82) is 0 Å². The summed E-state index contributed by atoms with van der Waals surface area (Å²) in [6.07, 6.45) is -7.17. The maximum Gasteiger partial charge on any atom is 0.455 e. The Morgan fingerprint density at radius 1 is 1.00 bits per heavy atom. The zero-order chi connectivity index (χ0) is 32.1. The van der Waals surface area contributed by atoms with Gasteiger partial charge in [0.2, 0.25) is 11.8 Å². The Hall–Kier alpha value is -3.58. The molecule has 4 atom stereocenters. The van der Waals surface area contributed by atoms with E-state index in [1.165, 1.54) is 0 Å². The molecule has 2 aromatic rings. The molecule has 2 heterocycles. The van der Waals surface area contributed by atoms with E-state index in [-0.39, 0.29) is 24.6 Å². The molecule has 1 aliphatic carbocycles. The van der Waals surface area contributed by atoms with Crippen LogP contribution in [0.1, 0.15) is 56.2 Å². The molecule has 6 nitrogen and oxygen atoms in total. The summed E-state index contributed by atoms with van der Waals surface area (Å²) in [4.78, 5) is 27.7. The van der Waals surface area contributed by atoms with E-state index in [9.17, 15) is 46.1 Å². The molecule has 5 rings (SSSR count). The minimum absolute atomic E-state index is 0.0441. The van der Waals surface area contributed by atoms with Crippen molar-refractivity contribution in [2.24, 2.45) is 17.8 Å². The maximum atomic E-state index is 13.8. The lowest BCUT2D eigenvalue weighted by atomic mass is 9.59. The molecular weight excluding hydrogens is 591 g/mol. The van der Waals surface area contributed by atoms with Crippen molar-refractivity contribution in [3.05, 3.63) is 75.9 Å². The third kappa shape index (κ3) is 6.17. The number of allylic oxidation sites excluding steroid dienone is 2. The topological polar surface area (TPSA) is 87.1 Å². The van der Waals surface area contributed by atoms with Crippen LogP contribution in [-0.4, -0.2) is 35.2 Å². The Labute approximate surface area is 250 Å². The summed E-state index contributed by atoms with van der Waals surface area (Å²) in [5, 5.41) is 20.2. The van der Waals surface area contributed by atoms with E-state index in [1.54, 1.807) is 31.2 Å². The van der Waals surface area contributed by atoms with Crippen LogP contribution in [0.4, 0.5) is 32.0 Å². The number of fused-ring (bicyclic) bond motifs is 3. The summed E-state index contributed by atoms with van der Waals surface area (Å²) < 4.78 is 87.2. The van der Waals surface area contributed by atoms with Crippen LogP contribution in [0.2, 0.25) is 6.32 Å². The first-order valence-electron chi connectivity index (χ1n) is 14.3. The van der Waals surface area contributed by atoms with Crippen LogP contribution in [0.25, 0.3) is 6.08 Å². The average molecular weight is 621 g/mol. The molecule has 0 spiro atoms. The molecule has 2 fully saturated rings. The van der Waals surface area contributed by atoms with Gasteiger partial charge in [-0.1, -0.05) is 36.3 Å². The molecule has 2 aromatic carbocycles. The number of nitrogens with zero attached hydrogens (tertiary/aromatic N) is 1. The van der Waals surface area contributed by atoms with Gasteiger partial charge in [-0.05, 0) is 86.3 Å². The fraction of sp³-hybridized carbons (Fsp3) is 0.419. The van der Waals surface area contributed by atoms with E-state index in [0.717, 1.165) is 22.3 Å². The van der Waals surface area contributed by atoms with E-state index in [1.807, 2.05) is 13.0 Å². The SMILES string of the molecule is CC/C(=C\c1ccc(O)cc1)CC[C@H]1OB(O)C[C@H]2C1=C(C)C[C@H]1C(=O)N(c3cc(C(F)(F)F)cc(C(F)(F)F)c3)C(=O)[C@H]12. The molecule has 13 heteroatoms. The fourth-order valence-electron chi connectivity index (χ4n) is 6.72. The van der Waals surface area contributed by atoms with Gasteiger partial charge >= 0.3 is 19.5 Å². The van der Waals surface area contributed by atoms with Crippen molar-refractivity contribution in [3.63, 3.8) is 0 Å². The van der Waals surface area contributed by atoms with Gasteiger partial charge < -0.3 is 14.8 Å². The molecule has 2 amide bonds. The van der Waals surface area contributed by atoms with E-state index in [2.05, 4.69) is 0 Å². The molecule has 2 N–H and O–H groups in total. The number of aromatic hydroxyl groups is 1. The number of halogens is 6. The van der Waals surface area contributed by atoms with Gasteiger partial charge in [0.1, 0.15) is 5.75 Å². The van der Waals surface area contributed by atoms with Crippen molar-refractivity contribution in [1.82, 2.24) is 0 Å². The van der Waals surface area contributed by atoms with Crippen LogP contribution in [-0.2, 0) is 26.6 Å². The van der Waals surface area contributed by atoms with Gasteiger partial charge in [0.15, 0.2) is 0 Å². The van der Waals surface area contributed by atoms with Gasteiger partial charge in [0.05, 0.1) is 34.8 Å². The summed E-state index contributed by atoms with van der Waals surface area (Å²) in [5.41, 5.74) is -0.603. The van der Waals surface area contributed by atoms with Gasteiger partial charge in [-0.25, -0.2) is 4.90 Å². The molecule has 0 bridgehead atoms. The van der Waals surface area contributed by atoms with Gasteiger partial charge in [-0.15, -0.1) is 0 Å². The first-order valence-corrected chi connectivity index (χ1v) is 14.3. The summed E-state index contributed by atoms with van der Waals surface area (Å²) in [6, 6.07) is 7.41. The molecule has 234 valence electrons. The summed E-state index contributed by atoms with van der Waals surface area (Å²) in [7, 11) is -1.28. The number of carbonyl (C=O) groups is 2. The number of phenols is 1. The number of benzene rings is 2. The van der Waals surface area contributed by atoms with E-state index < -0.39 is 72.0 Å². The molecule has 0 aromatic heterocycles. The van der Waals surface area contributed by atoms with E-state index in [4.69, 9.17) is 4.65 Å². The van der Waals surface area contributed by atoms with Gasteiger partial charge in [0.25, 0.3) is 0 Å². The molecular formula is C31H30BF6NO5. The smallest absolute Gasteiger partial charge is 0.455 e. The summed E-state index contributed by atoms with van der Waals surface area (Å²) in [5.74, 6) is -4.36. The van der Waals surface area contributed by atoms with E-state index >= 15 is 0 Å². The van der Waals surface area contributed by atoms with Crippen LogP contribution in [0.15, 0.2) is 59.2 Å². The molecule has 0 saturated carbocycles. The molecule has 0 radical (unpaired) electrons. The first kappa shape index (κ1) is 31.8. The number of amides is 2. The van der Waals surface area contributed by atoms with Crippen molar-refractivity contribution in [3.8, 4) is 5.75 Å². The second kappa shape index (κ2) is 11.7. The highest BCUT2D eigenvalue weighted by molar-refractivity contribution is 6.43. The Balaban J connectivity index is 1.44. The Kier molecular flexibility index (Phi) is 8.49. The quantitative estimate of drug-likeness (QED) is 0.157. The zero-order valence-electron chi connectivity index (χ0n) is 23.9. The lowest BCUT2D eigenvalue weighted by molar-refractivity contribution is -0.143. The standard InChI is InChI=1S/C31H30BF6NO5/c1-3-17(11-18-4-7-22(40)8-5-18)6-9-25-26-16(2)10-23-27(24(26)15-32(43)44-25)29(42)39(28(23)41)21-13-19(30(33,34)35)12-20(14-21)31(36,37)38/h4-5,7-8,11-14,23-25,27,40,43H,3,6,9-10,15H2,1-2H3/b17-11+/t23-,24+,25-,27-/m1/s1. The largest absolute Gasteiger partial charge is 0.508 e. The highest BCUT2D eigenvalue weighted by Gasteiger charge is 2.57. The second-order valence-electron chi connectivity index (χ2n) is 11.6. The molecule has 2 saturated heterocycles. The highest BCUT2D eigenvalue weighted by Crippen LogP contribution is 2.52. The lowest BCUT2D eigenvalue weighted by Gasteiger charge is -2.42. The molecule has 3 aliphatic rings. The predicted octanol–water partition coefficient (Wildman–Crippen LogP) is 7.02. The third-order valence-corrected chi connectivity index (χ3v) is 8.73. The van der Waals surface area contributed by atoms with Crippen LogP contribution in [0.5, 0.6) is 5.75 Å². The van der Waals surface area contributed by atoms with Gasteiger partial charge in [0, 0.05) is 0 Å². The zero-order valence-corrected chi connectivity index (χ0v) is 23.9. The van der Waals surface area contributed by atoms with Crippen molar-refractivity contribution < 1.29 is 50.7 Å². The van der Waals surface area contributed by atoms with Crippen molar-refractivity contribution in [2.75, 3.05) is 4.90 Å². The number of imide groups is 1. The number of anilines is 1. The number of rotatable bonds is 6. The second-order valence-corrected chi connectivity index (χ2v) is 11.6. The number of carbonyl (C=O) groups excluding carboxylic acids is 2. The lowest BCUT2D eigenvalue weighted by Crippen LogP contribution is -2.46. The molecule has 2 aliphatic heterocycles. The molecule has 0 unspecified atom stereocenters. The van der Waals surface area contributed by atoms with Crippen LogP contribution < -0.4 is 4.90 Å². The summed E-state index contributed by atoms with van der Waals surface area (Å²) in [6.45, 7) is 3.75. The van der Waals surface area contributed by atoms with Crippen LogP contribution in [0.3, 0.4) is 0 Å². The third-order valence-electron chi connectivity index (χ3n) is 8.73. The number of phenolic OH excluding ortho intramolecular Hbond substituents is 1. The monoisotopic (exact) mass is 621 g/mol. The minimum atomic E-state index is -5.15. The Bertz CT molecular complexity index is 1480. The summed E-state index contributed by atoms with van der Waals surface area (Å²) >= 11 is 0. The minimum Gasteiger partial charge on any atom is -0.508 e. The van der Waals surface area contributed by atoms with Gasteiger partial charge in [-0.3, -0.25) is 9.59 Å². The normalized spacial score (nSPS) is 24.6. The highest BCUT2D eigenvalue weighted by atomic mass is 19.4. The number of alkyl halides is 6. The number of hydrogen-bond donors (Lipinski definition) is 2.